The van der Waals surface area contributed by atoms with E-state index in [2.05, 4.69) is 5.10 Å². The molecule has 1 unspecified atom stereocenters. The van der Waals surface area contributed by atoms with Crippen LogP contribution in [0.5, 0.6) is 0 Å². The Balaban J connectivity index is 2.03. The second kappa shape index (κ2) is 5.32. The Hall–Kier alpha value is -1.37. The number of hydrogen-bond acceptors (Lipinski definition) is 5. The van der Waals surface area contributed by atoms with E-state index in [1.54, 1.807) is 0 Å². The summed E-state index contributed by atoms with van der Waals surface area (Å²) in [5, 5.41) is 3.46. The molecule has 1 aliphatic rings. The molecule has 0 spiro atoms. The van der Waals surface area contributed by atoms with Crippen LogP contribution >= 0.6 is 0 Å². The second-order valence-corrected chi connectivity index (χ2v) is 7.39. The number of carbonyl (C=O) groups excluding carboxylic acids is 1. The van der Waals surface area contributed by atoms with E-state index >= 15 is 0 Å². The van der Waals surface area contributed by atoms with Crippen LogP contribution in [0.2, 0.25) is 0 Å². The summed E-state index contributed by atoms with van der Waals surface area (Å²) < 4.78 is 29.4. The summed E-state index contributed by atoms with van der Waals surface area (Å²) in [6.45, 7) is 2.22. The van der Waals surface area contributed by atoms with Crippen molar-refractivity contribution in [2.45, 2.75) is 38.0 Å². The van der Waals surface area contributed by atoms with Crippen molar-refractivity contribution in [2.75, 3.05) is 12.9 Å². The van der Waals surface area contributed by atoms with Crippen LogP contribution in [0.25, 0.3) is 0 Å². The Kier molecular flexibility index (Phi) is 3.93. The molecule has 0 saturated carbocycles. The number of esters is 1. The van der Waals surface area contributed by atoms with Crippen molar-refractivity contribution in [1.82, 2.24) is 9.78 Å². The van der Waals surface area contributed by atoms with Gasteiger partial charge in [-0.1, -0.05) is 0 Å². The van der Waals surface area contributed by atoms with Crippen molar-refractivity contribution >= 4 is 15.8 Å². The molecular weight excluding hydrogens is 268 g/mol. The molecule has 0 fully saturated rings. The first kappa shape index (κ1) is 14.0. The predicted octanol–water partition coefficient (Wildman–Crippen LogP) is 0.809. The third kappa shape index (κ3) is 3.15. The molecule has 0 amide bonds. The van der Waals surface area contributed by atoms with Gasteiger partial charge < -0.3 is 4.74 Å². The summed E-state index contributed by atoms with van der Waals surface area (Å²) >= 11 is 0. The fraction of sp³-hybridized carbons (Fsp3) is 0.667. The lowest BCUT2D eigenvalue weighted by Crippen LogP contribution is -2.24. The molecule has 1 atom stereocenters. The number of rotatable bonds is 4. The molecular formula is C12H18N2O4S. The van der Waals surface area contributed by atoms with E-state index in [1.165, 1.54) is 13.1 Å². The Morgan fingerprint density at radius 1 is 1.53 bits per heavy atom. The number of nitrogens with zero attached hydrogens (tertiary/aromatic N) is 2. The highest BCUT2D eigenvalue weighted by Gasteiger charge is 2.23. The summed E-state index contributed by atoms with van der Waals surface area (Å²) in [6.07, 6.45) is 5.55. The highest BCUT2D eigenvalue weighted by Crippen LogP contribution is 2.18. The van der Waals surface area contributed by atoms with Crippen LogP contribution in [-0.2, 0) is 27.5 Å². The molecule has 7 heteroatoms. The lowest BCUT2D eigenvalue weighted by atomic mass is 10.1. The number of aromatic nitrogens is 2. The summed E-state index contributed by atoms with van der Waals surface area (Å²) in [5.41, 5.74) is 1.35. The van der Waals surface area contributed by atoms with Crippen LogP contribution in [0.3, 0.4) is 0 Å². The maximum Gasteiger partial charge on any atom is 0.341 e. The Bertz CT molecular complexity index is 577. The molecule has 106 valence electrons. The molecule has 1 aromatic heterocycles. The molecule has 0 N–H and O–H groups in total. The van der Waals surface area contributed by atoms with Gasteiger partial charge in [0.1, 0.15) is 12.2 Å². The van der Waals surface area contributed by atoms with Gasteiger partial charge in [-0.25, -0.2) is 13.2 Å². The number of sulfone groups is 1. The van der Waals surface area contributed by atoms with Gasteiger partial charge in [0, 0.05) is 12.8 Å². The standard InChI is InChI=1S/C12H18N2O4S/c1-9(19(2,16)17)8-18-12(15)10-7-13-14-6-4-3-5-11(10)14/h7,9H,3-6,8H2,1-2H3. The lowest BCUT2D eigenvalue weighted by molar-refractivity contribution is 0.0506. The first-order valence-corrected chi connectivity index (χ1v) is 8.25. The van der Waals surface area contributed by atoms with Gasteiger partial charge in [-0.2, -0.15) is 5.10 Å². The van der Waals surface area contributed by atoms with Crippen LogP contribution in [0.4, 0.5) is 0 Å². The van der Waals surface area contributed by atoms with Crippen molar-refractivity contribution in [3.8, 4) is 0 Å². The van der Waals surface area contributed by atoms with Gasteiger partial charge in [-0.3, -0.25) is 4.68 Å². The molecule has 6 nitrogen and oxygen atoms in total. The monoisotopic (exact) mass is 286 g/mol. The Morgan fingerprint density at radius 3 is 2.95 bits per heavy atom. The fourth-order valence-corrected chi connectivity index (χ4v) is 2.30. The first-order valence-electron chi connectivity index (χ1n) is 6.30. The molecule has 0 bridgehead atoms. The van der Waals surface area contributed by atoms with Crippen LogP contribution < -0.4 is 0 Å². The smallest absolute Gasteiger partial charge is 0.341 e. The number of carbonyl (C=O) groups is 1. The number of ether oxygens (including phenoxy) is 1. The Labute approximate surface area is 112 Å². The quantitative estimate of drug-likeness (QED) is 0.765. The normalized spacial score (nSPS) is 16.7. The minimum atomic E-state index is -3.18. The van der Waals surface area contributed by atoms with Crippen molar-refractivity contribution in [1.29, 1.82) is 0 Å². The third-order valence-electron chi connectivity index (χ3n) is 3.38. The number of aryl methyl sites for hydroxylation is 1. The minimum Gasteiger partial charge on any atom is -0.461 e. The molecule has 0 aromatic carbocycles. The minimum absolute atomic E-state index is 0.123. The van der Waals surface area contributed by atoms with Crippen molar-refractivity contribution < 1.29 is 17.9 Å². The van der Waals surface area contributed by atoms with Crippen molar-refractivity contribution in [2.24, 2.45) is 0 Å². The van der Waals surface area contributed by atoms with E-state index in [9.17, 15) is 13.2 Å². The summed E-state index contributed by atoms with van der Waals surface area (Å²) in [4.78, 5) is 11.9. The zero-order chi connectivity index (χ0) is 14.0. The summed E-state index contributed by atoms with van der Waals surface area (Å²) in [7, 11) is -3.18. The van der Waals surface area contributed by atoms with E-state index in [4.69, 9.17) is 4.74 Å². The fourth-order valence-electron chi connectivity index (χ4n) is 1.99. The van der Waals surface area contributed by atoms with E-state index in [1.807, 2.05) is 4.68 Å². The van der Waals surface area contributed by atoms with E-state index < -0.39 is 21.1 Å². The summed E-state index contributed by atoms with van der Waals surface area (Å²) in [6, 6.07) is 0. The lowest BCUT2D eigenvalue weighted by Gasteiger charge is -2.15. The average molecular weight is 286 g/mol. The molecule has 1 aliphatic heterocycles. The van der Waals surface area contributed by atoms with Crippen molar-refractivity contribution in [3.63, 3.8) is 0 Å². The van der Waals surface area contributed by atoms with Crippen LogP contribution in [0.15, 0.2) is 6.20 Å². The molecule has 0 radical (unpaired) electrons. The maximum absolute atomic E-state index is 11.9. The van der Waals surface area contributed by atoms with E-state index in [0.29, 0.717) is 5.56 Å². The SMILES string of the molecule is CC(COC(=O)c1cnn2c1CCCC2)S(C)(=O)=O. The van der Waals surface area contributed by atoms with Gasteiger partial charge in [-0.05, 0) is 26.2 Å². The molecule has 0 aliphatic carbocycles. The Morgan fingerprint density at radius 2 is 2.26 bits per heavy atom. The highest BCUT2D eigenvalue weighted by molar-refractivity contribution is 7.91. The number of fused-ring (bicyclic) bond motifs is 1. The van der Waals surface area contributed by atoms with Gasteiger partial charge in [0.25, 0.3) is 0 Å². The topological polar surface area (TPSA) is 78.3 Å². The first-order chi connectivity index (χ1) is 8.89. The van der Waals surface area contributed by atoms with Gasteiger partial charge >= 0.3 is 5.97 Å². The molecule has 1 aromatic rings. The summed E-state index contributed by atoms with van der Waals surface area (Å²) in [5.74, 6) is -0.487. The number of hydrogen-bond donors (Lipinski definition) is 0. The van der Waals surface area contributed by atoms with E-state index in [0.717, 1.165) is 37.8 Å². The zero-order valence-corrected chi connectivity index (χ0v) is 11.9. The van der Waals surface area contributed by atoms with Crippen LogP contribution in [0.1, 0.15) is 35.8 Å². The van der Waals surface area contributed by atoms with Crippen molar-refractivity contribution in [3.05, 3.63) is 17.5 Å². The molecule has 0 saturated heterocycles. The van der Waals surface area contributed by atoms with Gasteiger partial charge in [0.15, 0.2) is 9.84 Å². The zero-order valence-electron chi connectivity index (χ0n) is 11.1. The second-order valence-electron chi connectivity index (χ2n) is 4.92. The molecule has 2 rings (SSSR count). The van der Waals surface area contributed by atoms with E-state index in [-0.39, 0.29) is 6.61 Å². The molecule has 19 heavy (non-hydrogen) atoms. The van der Waals surface area contributed by atoms with Gasteiger partial charge in [0.05, 0.1) is 17.1 Å². The van der Waals surface area contributed by atoms with Gasteiger partial charge in [-0.15, -0.1) is 0 Å². The largest absolute Gasteiger partial charge is 0.461 e. The average Bonchev–Trinajstić information content (AvgIpc) is 2.78. The maximum atomic E-state index is 11.9. The van der Waals surface area contributed by atoms with Crippen LogP contribution in [-0.4, -0.2) is 42.3 Å². The molecule has 2 heterocycles. The van der Waals surface area contributed by atoms with Gasteiger partial charge in [0.2, 0.25) is 0 Å². The highest BCUT2D eigenvalue weighted by atomic mass is 32.2. The van der Waals surface area contributed by atoms with Crippen LogP contribution in [0, 0.1) is 0 Å². The predicted molar refractivity (Wildman–Crippen MR) is 69.8 cm³/mol. The third-order valence-corrected chi connectivity index (χ3v) is 4.98.